The van der Waals surface area contributed by atoms with Crippen molar-refractivity contribution < 1.29 is 14.3 Å². The molecular formula is C24H23N5O3S. The van der Waals surface area contributed by atoms with E-state index in [2.05, 4.69) is 31.7 Å². The molecule has 8 nitrogen and oxygen atoms in total. The minimum absolute atomic E-state index is 0.0583. The van der Waals surface area contributed by atoms with Crippen molar-refractivity contribution in [3.8, 4) is 11.1 Å². The molecule has 2 fully saturated rings. The monoisotopic (exact) mass is 461 g/mol. The van der Waals surface area contributed by atoms with E-state index in [4.69, 9.17) is 4.74 Å². The predicted octanol–water partition coefficient (Wildman–Crippen LogP) is 4.10. The van der Waals surface area contributed by atoms with Crippen molar-refractivity contribution in [1.29, 1.82) is 0 Å². The van der Waals surface area contributed by atoms with Crippen molar-refractivity contribution in [1.82, 2.24) is 20.3 Å². The normalized spacial score (nSPS) is 16.8. The summed E-state index contributed by atoms with van der Waals surface area (Å²) in [6, 6.07) is 8.13. The molecule has 33 heavy (non-hydrogen) atoms. The van der Waals surface area contributed by atoms with Crippen LogP contribution in [0.1, 0.15) is 36.0 Å². The second kappa shape index (κ2) is 8.24. The molecule has 1 aliphatic carbocycles. The number of fused-ring (bicyclic) bond motifs is 2. The average molecular weight is 462 g/mol. The zero-order chi connectivity index (χ0) is 22.4. The number of benzene rings is 1. The quantitative estimate of drug-likeness (QED) is 0.415. The van der Waals surface area contributed by atoms with E-state index in [0.717, 1.165) is 52.4 Å². The van der Waals surface area contributed by atoms with Crippen LogP contribution in [-0.2, 0) is 9.53 Å². The van der Waals surface area contributed by atoms with Crippen molar-refractivity contribution in [2.24, 2.45) is 5.92 Å². The first-order valence-electron chi connectivity index (χ1n) is 11.2. The first-order chi connectivity index (χ1) is 16.1. The number of nitrogens with zero attached hydrogens (tertiary/aromatic N) is 2. The molecule has 1 saturated heterocycles. The lowest BCUT2D eigenvalue weighted by atomic mass is 10.0. The molecule has 0 radical (unpaired) electrons. The van der Waals surface area contributed by atoms with Crippen LogP contribution < -0.4 is 10.6 Å². The molecule has 2 aliphatic rings. The fourth-order valence-electron chi connectivity index (χ4n) is 4.16. The number of carbonyl (C=O) groups excluding carboxylic acids is 2. The molecule has 0 atom stereocenters. The topological polar surface area (TPSA) is 109 Å². The number of carbonyl (C=O) groups is 2. The first kappa shape index (κ1) is 20.3. The number of pyridine rings is 1. The second-order valence-electron chi connectivity index (χ2n) is 8.65. The summed E-state index contributed by atoms with van der Waals surface area (Å²) in [5.41, 5.74) is 4.02. The Hall–Kier alpha value is -3.30. The number of anilines is 1. The van der Waals surface area contributed by atoms with Crippen LogP contribution in [-0.4, -0.2) is 46.0 Å². The Morgan fingerprint density at radius 2 is 1.94 bits per heavy atom. The van der Waals surface area contributed by atoms with Crippen LogP contribution in [0.4, 0.5) is 5.13 Å². The summed E-state index contributed by atoms with van der Waals surface area (Å²) < 4.78 is 6.37. The second-order valence-corrected chi connectivity index (χ2v) is 9.68. The van der Waals surface area contributed by atoms with E-state index < -0.39 is 0 Å². The summed E-state index contributed by atoms with van der Waals surface area (Å²) in [6.07, 6.45) is 7.11. The Balaban J connectivity index is 1.27. The largest absolute Gasteiger partial charge is 0.381 e. The SMILES string of the molecule is O=C(NC1CCOCC1)c1c[nH]c2ncc(-c3ccc4nc(NC(=O)C5CC5)sc4c3)cc12. The number of rotatable bonds is 5. The van der Waals surface area contributed by atoms with Gasteiger partial charge in [-0.2, -0.15) is 0 Å². The predicted molar refractivity (Wildman–Crippen MR) is 127 cm³/mol. The van der Waals surface area contributed by atoms with E-state index in [0.29, 0.717) is 29.6 Å². The van der Waals surface area contributed by atoms with Crippen LogP contribution >= 0.6 is 11.3 Å². The maximum atomic E-state index is 12.9. The van der Waals surface area contributed by atoms with Crippen molar-refractivity contribution >= 4 is 49.5 Å². The number of H-pyrrole nitrogens is 1. The van der Waals surface area contributed by atoms with Gasteiger partial charge in [-0.1, -0.05) is 17.4 Å². The van der Waals surface area contributed by atoms with Gasteiger partial charge in [0.1, 0.15) is 5.65 Å². The molecule has 0 unspecified atom stereocenters. The minimum atomic E-state index is -0.0962. The van der Waals surface area contributed by atoms with Crippen LogP contribution in [0.2, 0.25) is 0 Å². The number of amides is 2. The molecule has 9 heteroatoms. The van der Waals surface area contributed by atoms with Crippen LogP contribution in [0.15, 0.2) is 36.7 Å². The Kier molecular flexibility index (Phi) is 5.07. The highest BCUT2D eigenvalue weighted by molar-refractivity contribution is 7.22. The average Bonchev–Trinajstić information content (AvgIpc) is 3.48. The van der Waals surface area contributed by atoms with Gasteiger partial charge in [-0.3, -0.25) is 9.59 Å². The minimum Gasteiger partial charge on any atom is -0.381 e. The maximum absolute atomic E-state index is 12.9. The Bertz CT molecular complexity index is 1370. The number of aromatic nitrogens is 3. The van der Waals surface area contributed by atoms with Crippen molar-refractivity contribution in [3.05, 3.63) is 42.2 Å². The van der Waals surface area contributed by atoms with Gasteiger partial charge >= 0.3 is 0 Å². The van der Waals surface area contributed by atoms with E-state index in [-0.39, 0.29) is 23.8 Å². The summed E-state index contributed by atoms with van der Waals surface area (Å²) in [4.78, 5) is 37.1. The number of hydrogen-bond acceptors (Lipinski definition) is 6. The van der Waals surface area contributed by atoms with E-state index in [1.54, 1.807) is 12.4 Å². The highest BCUT2D eigenvalue weighted by atomic mass is 32.1. The Morgan fingerprint density at radius 1 is 1.09 bits per heavy atom. The van der Waals surface area contributed by atoms with Crippen LogP contribution in [0, 0.1) is 5.92 Å². The molecular weight excluding hydrogens is 438 g/mol. The molecule has 1 saturated carbocycles. The number of hydrogen-bond donors (Lipinski definition) is 3. The molecule has 3 N–H and O–H groups in total. The van der Waals surface area contributed by atoms with E-state index in [1.807, 2.05) is 18.2 Å². The fraction of sp³-hybridized carbons (Fsp3) is 0.333. The maximum Gasteiger partial charge on any atom is 0.253 e. The van der Waals surface area contributed by atoms with Gasteiger partial charge in [0.2, 0.25) is 5.91 Å². The van der Waals surface area contributed by atoms with Gasteiger partial charge in [-0.25, -0.2) is 9.97 Å². The first-order valence-corrected chi connectivity index (χ1v) is 12.0. The zero-order valence-electron chi connectivity index (χ0n) is 17.9. The van der Waals surface area contributed by atoms with E-state index in [1.165, 1.54) is 11.3 Å². The highest BCUT2D eigenvalue weighted by Gasteiger charge is 2.30. The van der Waals surface area contributed by atoms with Gasteiger partial charge < -0.3 is 20.4 Å². The lowest BCUT2D eigenvalue weighted by Gasteiger charge is -2.22. The molecule has 1 aromatic carbocycles. The molecule has 4 heterocycles. The molecule has 168 valence electrons. The Labute approximate surface area is 193 Å². The molecule has 1 aliphatic heterocycles. The smallest absolute Gasteiger partial charge is 0.253 e. The summed E-state index contributed by atoms with van der Waals surface area (Å²) in [7, 11) is 0. The van der Waals surface area contributed by atoms with E-state index in [9.17, 15) is 9.59 Å². The van der Waals surface area contributed by atoms with Gasteiger partial charge in [0.25, 0.3) is 5.91 Å². The zero-order valence-corrected chi connectivity index (χ0v) is 18.7. The number of aromatic amines is 1. The Morgan fingerprint density at radius 3 is 2.76 bits per heavy atom. The fourth-order valence-corrected chi connectivity index (χ4v) is 5.07. The summed E-state index contributed by atoms with van der Waals surface area (Å²) in [6.45, 7) is 1.35. The lowest BCUT2D eigenvalue weighted by Crippen LogP contribution is -2.38. The molecule has 2 amide bonds. The van der Waals surface area contributed by atoms with Gasteiger partial charge in [-0.15, -0.1) is 0 Å². The van der Waals surface area contributed by atoms with E-state index >= 15 is 0 Å². The van der Waals surface area contributed by atoms with Crippen molar-refractivity contribution in [2.75, 3.05) is 18.5 Å². The molecule has 0 spiro atoms. The van der Waals surface area contributed by atoms with Gasteiger partial charge in [0.05, 0.1) is 15.8 Å². The van der Waals surface area contributed by atoms with Gasteiger partial charge in [0.15, 0.2) is 5.13 Å². The van der Waals surface area contributed by atoms with Crippen molar-refractivity contribution in [2.45, 2.75) is 31.7 Å². The summed E-state index contributed by atoms with van der Waals surface area (Å²) in [5.74, 6) is 0.105. The molecule has 6 rings (SSSR count). The van der Waals surface area contributed by atoms with Crippen LogP contribution in [0.3, 0.4) is 0 Å². The highest BCUT2D eigenvalue weighted by Crippen LogP contribution is 2.34. The van der Waals surface area contributed by atoms with Crippen LogP contribution in [0.5, 0.6) is 0 Å². The lowest BCUT2D eigenvalue weighted by molar-refractivity contribution is -0.117. The third-order valence-corrected chi connectivity index (χ3v) is 7.17. The standard InChI is InChI=1S/C24H23N5O3S/c30-22(13-1-2-13)29-24-28-19-4-3-14(10-20(19)33-24)15-9-17-18(12-26-21(17)25-11-15)23(31)27-16-5-7-32-8-6-16/h3-4,9-13,16H,1-2,5-8H2,(H,25,26)(H,27,31)(H,28,29,30). The molecule has 4 aromatic rings. The van der Waals surface area contributed by atoms with Gasteiger partial charge in [0, 0.05) is 48.5 Å². The summed E-state index contributed by atoms with van der Waals surface area (Å²) in [5, 5.41) is 7.47. The van der Waals surface area contributed by atoms with Gasteiger partial charge in [-0.05, 0) is 49.4 Å². The van der Waals surface area contributed by atoms with Crippen molar-refractivity contribution in [3.63, 3.8) is 0 Å². The molecule has 3 aromatic heterocycles. The van der Waals surface area contributed by atoms with Crippen LogP contribution in [0.25, 0.3) is 32.4 Å². The number of ether oxygens (including phenoxy) is 1. The number of nitrogens with one attached hydrogen (secondary N) is 3. The third-order valence-electron chi connectivity index (χ3n) is 6.23. The molecule has 0 bridgehead atoms. The summed E-state index contributed by atoms with van der Waals surface area (Å²) >= 11 is 1.47. The number of thiazole rings is 1. The third kappa shape index (κ3) is 4.09.